The second-order valence-electron chi connectivity index (χ2n) is 6.07. The quantitative estimate of drug-likeness (QED) is 0.562. The second-order valence-corrected chi connectivity index (χ2v) is 7.71. The lowest BCUT2D eigenvalue weighted by atomic mass is 10.2. The van der Waals surface area contributed by atoms with Gasteiger partial charge in [0.05, 0.1) is 12.8 Å². The lowest BCUT2D eigenvalue weighted by Gasteiger charge is -2.34. The van der Waals surface area contributed by atoms with Gasteiger partial charge in [0.1, 0.15) is 12.7 Å². The van der Waals surface area contributed by atoms with E-state index < -0.39 is 16.2 Å². The summed E-state index contributed by atoms with van der Waals surface area (Å²) in [7, 11) is -3.51. The highest BCUT2D eigenvalue weighted by Crippen LogP contribution is 2.13. The van der Waals surface area contributed by atoms with Crippen molar-refractivity contribution >= 4 is 16.2 Å². The molecule has 1 amide bonds. The summed E-state index contributed by atoms with van der Waals surface area (Å²) in [6, 6.07) is 0. The maximum atomic E-state index is 11.8. The van der Waals surface area contributed by atoms with E-state index in [0.717, 1.165) is 51.9 Å². The molecule has 23 heavy (non-hydrogen) atoms. The number of carbonyl (C=O) groups is 1. The Morgan fingerprint density at radius 2 is 1.83 bits per heavy atom. The Labute approximate surface area is 138 Å². The van der Waals surface area contributed by atoms with E-state index in [-0.39, 0.29) is 12.7 Å². The zero-order chi connectivity index (χ0) is 16.9. The molecule has 0 aliphatic carbocycles. The zero-order valence-corrected chi connectivity index (χ0v) is 14.8. The van der Waals surface area contributed by atoms with Gasteiger partial charge in [0, 0.05) is 32.7 Å². The normalized spacial score (nSPS) is 24.2. The Hall–Kier alpha value is -0.900. The highest BCUT2D eigenvalue weighted by Gasteiger charge is 2.31. The Morgan fingerprint density at radius 1 is 1.17 bits per heavy atom. The summed E-state index contributed by atoms with van der Waals surface area (Å²) in [6.07, 6.45) is 0.981. The number of likely N-dealkylation sites (N-methyl/N-ethyl adjacent to an activating group) is 1. The molecule has 1 unspecified atom stereocenters. The Balaban J connectivity index is 1.63. The van der Waals surface area contributed by atoms with Crippen LogP contribution in [0.5, 0.6) is 0 Å². The average molecular weight is 349 g/mol. The van der Waals surface area contributed by atoms with Gasteiger partial charge in [0.25, 0.3) is 10.1 Å². The fourth-order valence-electron chi connectivity index (χ4n) is 2.86. The molecule has 0 aromatic heterocycles. The maximum Gasteiger partial charge on any atom is 0.410 e. The number of carbonyl (C=O) groups excluding carboxylic acids is 1. The summed E-state index contributed by atoms with van der Waals surface area (Å²) in [4.78, 5) is 18.2. The fourth-order valence-corrected chi connectivity index (χ4v) is 3.26. The lowest BCUT2D eigenvalue weighted by molar-refractivity contribution is 0.104. The van der Waals surface area contributed by atoms with Crippen molar-refractivity contribution in [2.45, 2.75) is 19.4 Å². The molecular weight excluding hydrogens is 322 g/mol. The molecular formula is C14H27N3O5S. The van der Waals surface area contributed by atoms with Crippen molar-refractivity contribution in [2.24, 2.45) is 0 Å². The van der Waals surface area contributed by atoms with Crippen LogP contribution in [0.25, 0.3) is 0 Å². The van der Waals surface area contributed by atoms with Gasteiger partial charge in [0.15, 0.2) is 0 Å². The minimum absolute atomic E-state index is 0.111. The van der Waals surface area contributed by atoms with Crippen molar-refractivity contribution in [1.82, 2.24) is 14.7 Å². The van der Waals surface area contributed by atoms with Crippen molar-refractivity contribution in [1.29, 1.82) is 0 Å². The molecule has 0 spiro atoms. The van der Waals surface area contributed by atoms with Crippen molar-refractivity contribution in [2.75, 3.05) is 65.2 Å². The third-order valence-corrected chi connectivity index (χ3v) is 4.80. The minimum atomic E-state index is -3.51. The number of rotatable bonds is 8. The molecule has 2 fully saturated rings. The number of ether oxygens (including phenoxy) is 1. The number of amides is 1. The number of nitrogens with zero attached hydrogens (tertiary/aromatic N) is 3. The van der Waals surface area contributed by atoms with Crippen LogP contribution in [0.15, 0.2) is 0 Å². The van der Waals surface area contributed by atoms with Gasteiger partial charge in [-0.25, -0.2) is 4.79 Å². The summed E-state index contributed by atoms with van der Waals surface area (Å²) < 4.78 is 31.7. The average Bonchev–Trinajstić information content (AvgIpc) is 2.86. The zero-order valence-electron chi connectivity index (χ0n) is 13.9. The van der Waals surface area contributed by atoms with E-state index >= 15 is 0 Å². The van der Waals surface area contributed by atoms with Gasteiger partial charge < -0.3 is 19.4 Å². The molecule has 0 aromatic rings. The predicted molar refractivity (Wildman–Crippen MR) is 85.8 cm³/mol. The van der Waals surface area contributed by atoms with Crippen molar-refractivity contribution in [3.05, 3.63) is 0 Å². The van der Waals surface area contributed by atoms with E-state index in [9.17, 15) is 13.2 Å². The molecule has 0 aromatic carbocycles. The molecule has 2 heterocycles. The van der Waals surface area contributed by atoms with Crippen molar-refractivity contribution in [3.63, 3.8) is 0 Å². The number of hydrogen-bond donors (Lipinski definition) is 0. The standard InChI is InChI=1S/C14H27N3O5S/c1-3-15-7-9-16(10-8-15)5-4-6-17-11-13(22-14(17)18)12-21-23(2,19)20/h13H,3-12H2,1-2H3. The third-order valence-electron chi connectivity index (χ3n) is 4.23. The molecule has 0 radical (unpaired) electrons. The van der Waals surface area contributed by atoms with Gasteiger partial charge in [-0.1, -0.05) is 6.92 Å². The summed E-state index contributed by atoms with van der Waals surface area (Å²) in [6.45, 7) is 9.50. The molecule has 0 bridgehead atoms. The summed E-state index contributed by atoms with van der Waals surface area (Å²) >= 11 is 0. The van der Waals surface area contributed by atoms with Crippen LogP contribution in [0.4, 0.5) is 4.79 Å². The van der Waals surface area contributed by atoms with E-state index in [0.29, 0.717) is 13.1 Å². The Morgan fingerprint density at radius 3 is 2.43 bits per heavy atom. The summed E-state index contributed by atoms with van der Waals surface area (Å²) in [5.74, 6) is 0. The largest absolute Gasteiger partial charge is 0.442 e. The van der Waals surface area contributed by atoms with Crippen molar-refractivity contribution < 1.29 is 22.1 Å². The van der Waals surface area contributed by atoms with Crippen LogP contribution in [-0.4, -0.2) is 101 Å². The number of hydrogen-bond acceptors (Lipinski definition) is 7. The molecule has 2 aliphatic rings. The Bertz CT molecular complexity index is 491. The van der Waals surface area contributed by atoms with E-state index in [1.165, 1.54) is 0 Å². The molecule has 9 heteroatoms. The number of piperazine rings is 1. The summed E-state index contributed by atoms with van der Waals surface area (Å²) in [5.41, 5.74) is 0. The highest BCUT2D eigenvalue weighted by atomic mass is 32.2. The fraction of sp³-hybridized carbons (Fsp3) is 0.929. The molecule has 2 rings (SSSR count). The van der Waals surface area contributed by atoms with Crippen LogP contribution >= 0.6 is 0 Å². The molecule has 2 saturated heterocycles. The minimum Gasteiger partial charge on any atom is -0.442 e. The van der Waals surface area contributed by atoms with Crippen LogP contribution in [-0.2, 0) is 19.0 Å². The molecule has 0 saturated carbocycles. The summed E-state index contributed by atoms with van der Waals surface area (Å²) in [5, 5.41) is 0. The lowest BCUT2D eigenvalue weighted by Crippen LogP contribution is -2.46. The first-order chi connectivity index (χ1) is 10.9. The first-order valence-corrected chi connectivity index (χ1v) is 9.93. The second kappa shape index (κ2) is 8.27. The van der Waals surface area contributed by atoms with Crippen LogP contribution in [0.3, 0.4) is 0 Å². The third kappa shape index (κ3) is 6.25. The van der Waals surface area contributed by atoms with Gasteiger partial charge >= 0.3 is 6.09 Å². The van der Waals surface area contributed by atoms with E-state index in [1.807, 2.05) is 0 Å². The van der Waals surface area contributed by atoms with E-state index in [1.54, 1.807) is 4.90 Å². The van der Waals surface area contributed by atoms with E-state index in [4.69, 9.17) is 4.74 Å². The van der Waals surface area contributed by atoms with Gasteiger partial charge in [-0.3, -0.25) is 4.18 Å². The molecule has 8 nitrogen and oxygen atoms in total. The van der Waals surface area contributed by atoms with E-state index in [2.05, 4.69) is 20.9 Å². The number of cyclic esters (lactones) is 1. The van der Waals surface area contributed by atoms with Gasteiger partial charge in [0.2, 0.25) is 0 Å². The predicted octanol–water partition coefficient (Wildman–Crippen LogP) is -0.189. The maximum absolute atomic E-state index is 11.8. The van der Waals surface area contributed by atoms with Crippen LogP contribution in [0, 0.1) is 0 Å². The first kappa shape index (κ1) is 18.4. The monoisotopic (exact) mass is 349 g/mol. The topological polar surface area (TPSA) is 79.4 Å². The molecule has 134 valence electrons. The molecule has 0 N–H and O–H groups in total. The SMILES string of the molecule is CCN1CCN(CCCN2CC(COS(C)(=O)=O)OC2=O)CC1. The Kier molecular flexibility index (Phi) is 6.63. The van der Waals surface area contributed by atoms with Crippen molar-refractivity contribution in [3.8, 4) is 0 Å². The van der Waals surface area contributed by atoms with Crippen LogP contribution in [0.1, 0.15) is 13.3 Å². The molecule has 1 atom stereocenters. The van der Waals surface area contributed by atoms with Crippen LogP contribution in [0.2, 0.25) is 0 Å². The first-order valence-electron chi connectivity index (χ1n) is 8.12. The smallest absolute Gasteiger partial charge is 0.410 e. The van der Waals surface area contributed by atoms with Crippen LogP contribution < -0.4 is 0 Å². The van der Waals surface area contributed by atoms with Gasteiger partial charge in [-0.15, -0.1) is 0 Å². The highest BCUT2D eigenvalue weighted by molar-refractivity contribution is 7.85. The van der Waals surface area contributed by atoms with Gasteiger partial charge in [-0.2, -0.15) is 8.42 Å². The van der Waals surface area contributed by atoms with Gasteiger partial charge in [-0.05, 0) is 19.5 Å². The molecule has 2 aliphatic heterocycles.